The van der Waals surface area contributed by atoms with Gasteiger partial charge in [-0.05, 0) is 56.2 Å². The average molecular weight is 431 g/mol. The Balaban J connectivity index is 1.55. The van der Waals surface area contributed by atoms with Gasteiger partial charge in [0, 0.05) is 38.3 Å². The topological polar surface area (TPSA) is 56.3 Å². The van der Waals surface area contributed by atoms with Gasteiger partial charge in [-0.15, -0.1) is 0 Å². The van der Waals surface area contributed by atoms with Crippen LogP contribution in [0.2, 0.25) is 0 Å². The second kappa shape index (κ2) is 10.1. The first kappa shape index (κ1) is 21.6. The van der Waals surface area contributed by atoms with Crippen LogP contribution in [0.1, 0.15) is 71.6 Å². The summed E-state index contributed by atoms with van der Waals surface area (Å²) in [5.41, 5.74) is 0. The van der Waals surface area contributed by atoms with Crippen LogP contribution in [-0.2, 0) is 0 Å². The summed E-state index contributed by atoms with van der Waals surface area (Å²) in [7, 11) is 0. The fourth-order valence-electron chi connectivity index (χ4n) is 5.34. The molecule has 3 aliphatic rings. The molecule has 0 bridgehead atoms. The molecule has 0 unspecified atom stereocenters. The van der Waals surface area contributed by atoms with Crippen LogP contribution in [0.4, 0.5) is 17.6 Å². The zero-order chi connectivity index (χ0) is 20.9. The number of anilines is 3. The van der Waals surface area contributed by atoms with Gasteiger partial charge in [-0.1, -0.05) is 39.5 Å². The molecule has 7 heteroatoms. The molecule has 3 heterocycles. The zero-order valence-corrected chi connectivity index (χ0v) is 19.5. The molecule has 166 valence electrons. The molecule has 6 nitrogen and oxygen atoms in total. The molecule has 0 spiro atoms. The van der Waals surface area contributed by atoms with Gasteiger partial charge in [-0.25, -0.2) is 0 Å². The summed E-state index contributed by atoms with van der Waals surface area (Å²) in [4.78, 5) is 14.7. The number of aromatic nitrogens is 2. The lowest BCUT2D eigenvalue weighted by Crippen LogP contribution is -2.40. The molecule has 3 fully saturated rings. The minimum absolute atomic E-state index is 0.488. The molecule has 1 aromatic rings. The Morgan fingerprint density at radius 3 is 2.13 bits per heavy atom. The number of hydrogen-bond donors (Lipinski definition) is 2. The first-order valence-electron chi connectivity index (χ1n) is 12.0. The van der Waals surface area contributed by atoms with Gasteiger partial charge in [0.05, 0.1) is 0 Å². The van der Waals surface area contributed by atoms with Crippen molar-refractivity contribution in [3.63, 3.8) is 0 Å². The smallest absolute Gasteiger partial charge is 0.232 e. The van der Waals surface area contributed by atoms with E-state index in [9.17, 15) is 0 Å². The minimum Gasteiger partial charge on any atom is -0.360 e. The number of rotatable bonds is 4. The maximum Gasteiger partial charge on any atom is 0.232 e. The van der Waals surface area contributed by atoms with E-state index in [0.29, 0.717) is 28.9 Å². The molecule has 4 rings (SSSR count). The largest absolute Gasteiger partial charge is 0.360 e. The Morgan fingerprint density at radius 1 is 0.900 bits per heavy atom. The van der Waals surface area contributed by atoms with Crippen LogP contribution >= 0.6 is 12.2 Å². The monoisotopic (exact) mass is 430 g/mol. The van der Waals surface area contributed by atoms with Gasteiger partial charge >= 0.3 is 0 Å². The van der Waals surface area contributed by atoms with E-state index in [4.69, 9.17) is 22.2 Å². The Bertz CT molecular complexity index is 702. The molecular weight excluding hydrogens is 392 g/mol. The molecule has 0 radical (unpaired) electrons. The van der Waals surface area contributed by atoms with Crippen molar-refractivity contribution in [2.24, 2.45) is 11.8 Å². The van der Waals surface area contributed by atoms with E-state index in [-0.39, 0.29) is 0 Å². The van der Waals surface area contributed by atoms with Gasteiger partial charge in [-0.2, -0.15) is 9.97 Å². The second-order valence-electron chi connectivity index (χ2n) is 9.74. The predicted octanol–water partition coefficient (Wildman–Crippen LogP) is 4.57. The van der Waals surface area contributed by atoms with Gasteiger partial charge in [0.25, 0.3) is 0 Å². The van der Waals surface area contributed by atoms with Crippen molar-refractivity contribution in [2.45, 2.75) is 77.7 Å². The number of hydrogen-bond acceptors (Lipinski definition) is 5. The highest BCUT2D eigenvalue weighted by molar-refractivity contribution is 7.80. The highest BCUT2D eigenvalue weighted by Crippen LogP contribution is 2.29. The van der Waals surface area contributed by atoms with Gasteiger partial charge in [0.1, 0.15) is 11.6 Å². The van der Waals surface area contributed by atoms with E-state index in [1.807, 2.05) is 0 Å². The van der Waals surface area contributed by atoms with Crippen molar-refractivity contribution in [3.8, 4) is 0 Å². The summed E-state index contributed by atoms with van der Waals surface area (Å²) < 4.78 is 0. The van der Waals surface area contributed by atoms with Crippen LogP contribution in [0, 0.1) is 11.8 Å². The molecule has 1 aliphatic carbocycles. The molecule has 1 saturated carbocycles. The molecule has 2 aliphatic heterocycles. The SMILES string of the molecule is C[C@@H]1C[C@@H](C)CN(c2cc(N3CCCCCC3)nc(NC(=S)NC3CCCC3)n2)C1. The van der Waals surface area contributed by atoms with Gasteiger partial charge in [0.2, 0.25) is 5.95 Å². The van der Waals surface area contributed by atoms with E-state index in [0.717, 1.165) is 37.8 Å². The molecule has 1 aromatic heterocycles. The Morgan fingerprint density at radius 2 is 1.50 bits per heavy atom. The van der Waals surface area contributed by atoms with Crippen molar-refractivity contribution in [1.29, 1.82) is 0 Å². The highest BCUT2D eigenvalue weighted by Gasteiger charge is 2.25. The summed E-state index contributed by atoms with van der Waals surface area (Å²) in [6.07, 6.45) is 11.4. The van der Waals surface area contributed by atoms with E-state index in [2.05, 4.69) is 40.3 Å². The standard InChI is InChI=1S/C23H38N6S/c1-17-13-18(2)16-29(15-17)21-14-20(28-11-7-3-4-8-12-28)25-22(26-21)27-23(30)24-19-9-5-6-10-19/h14,17-19H,3-13,15-16H2,1-2H3,(H2,24,25,26,27,30)/t17-,18-/m1/s1. The van der Waals surface area contributed by atoms with Crippen LogP contribution in [0.25, 0.3) is 0 Å². The maximum atomic E-state index is 5.60. The summed E-state index contributed by atoms with van der Waals surface area (Å²) in [6, 6.07) is 2.69. The first-order valence-corrected chi connectivity index (χ1v) is 12.4. The zero-order valence-electron chi connectivity index (χ0n) is 18.7. The number of nitrogens with one attached hydrogen (secondary N) is 2. The minimum atomic E-state index is 0.488. The molecule has 0 amide bonds. The summed E-state index contributed by atoms with van der Waals surface area (Å²) in [6.45, 7) is 8.97. The molecule has 2 atom stereocenters. The third kappa shape index (κ3) is 5.74. The van der Waals surface area contributed by atoms with E-state index in [1.165, 1.54) is 57.8 Å². The lowest BCUT2D eigenvalue weighted by Gasteiger charge is -2.36. The van der Waals surface area contributed by atoms with Crippen LogP contribution in [0.5, 0.6) is 0 Å². The lowest BCUT2D eigenvalue weighted by molar-refractivity contribution is 0.355. The third-order valence-electron chi connectivity index (χ3n) is 6.74. The first-order chi connectivity index (χ1) is 14.6. The van der Waals surface area contributed by atoms with E-state index in [1.54, 1.807) is 0 Å². The Kier molecular flexibility index (Phi) is 7.28. The molecular formula is C23H38N6S. The predicted molar refractivity (Wildman–Crippen MR) is 129 cm³/mol. The summed E-state index contributed by atoms with van der Waals surface area (Å²) in [5.74, 6) is 4.08. The van der Waals surface area contributed by atoms with Crippen molar-refractivity contribution >= 4 is 34.9 Å². The summed E-state index contributed by atoms with van der Waals surface area (Å²) >= 11 is 5.60. The van der Waals surface area contributed by atoms with E-state index < -0.39 is 0 Å². The Labute approximate surface area is 187 Å². The molecule has 2 saturated heterocycles. The fraction of sp³-hybridized carbons (Fsp3) is 0.783. The third-order valence-corrected chi connectivity index (χ3v) is 6.96. The van der Waals surface area contributed by atoms with Crippen LogP contribution < -0.4 is 20.4 Å². The fourth-order valence-corrected chi connectivity index (χ4v) is 5.60. The highest BCUT2D eigenvalue weighted by atomic mass is 32.1. The van der Waals surface area contributed by atoms with Crippen molar-refractivity contribution in [1.82, 2.24) is 15.3 Å². The van der Waals surface area contributed by atoms with Gasteiger partial charge < -0.3 is 20.4 Å². The molecule has 2 N–H and O–H groups in total. The van der Waals surface area contributed by atoms with Gasteiger partial charge in [-0.3, -0.25) is 0 Å². The summed E-state index contributed by atoms with van der Waals surface area (Å²) in [5, 5.41) is 7.43. The Hall–Kier alpha value is -1.63. The van der Waals surface area contributed by atoms with Crippen molar-refractivity contribution in [2.75, 3.05) is 41.3 Å². The van der Waals surface area contributed by atoms with Gasteiger partial charge in [0.15, 0.2) is 5.11 Å². The lowest BCUT2D eigenvalue weighted by atomic mass is 9.92. The molecule has 0 aromatic carbocycles. The molecule has 30 heavy (non-hydrogen) atoms. The quantitative estimate of drug-likeness (QED) is 0.679. The maximum absolute atomic E-state index is 5.60. The van der Waals surface area contributed by atoms with Crippen LogP contribution in [-0.4, -0.2) is 47.3 Å². The van der Waals surface area contributed by atoms with E-state index >= 15 is 0 Å². The normalized spacial score (nSPS) is 25.8. The van der Waals surface area contributed by atoms with Crippen molar-refractivity contribution < 1.29 is 0 Å². The van der Waals surface area contributed by atoms with Crippen LogP contribution in [0.15, 0.2) is 6.07 Å². The number of piperidine rings is 1. The van der Waals surface area contributed by atoms with Crippen LogP contribution in [0.3, 0.4) is 0 Å². The number of thiocarbonyl (C=S) groups is 1. The number of nitrogens with zero attached hydrogens (tertiary/aromatic N) is 4. The average Bonchev–Trinajstić information content (AvgIpc) is 3.06. The second-order valence-corrected chi connectivity index (χ2v) is 10.1. The van der Waals surface area contributed by atoms with Crippen molar-refractivity contribution in [3.05, 3.63) is 6.07 Å².